The van der Waals surface area contributed by atoms with E-state index in [2.05, 4.69) is 10.6 Å². The number of carbonyl (C=O) groups excluding carboxylic acids is 1. The third kappa shape index (κ3) is 5.09. The number of benzene rings is 1. The molecule has 1 amide bonds. The molecule has 1 aliphatic rings. The molecule has 1 fully saturated rings. The summed E-state index contributed by atoms with van der Waals surface area (Å²) in [6.45, 7) is 0.339. The maximum Gasteiger partial charge on any atom is 0.303 e. The molecule has 1 saturated carbocycles. The first kappa shape index (κ1) is 13.5. The first-order valence-electron chi connectivity index (χ1n) is 6.47. The van der Waals surface area contributed by atoms with Gasteiger partial charge in [-0.1, -0.05) is 12.1 Å². The molecule has 19 heavy (non-hydrogen) atoms. The van der Waals surface area contributed by atoms with Gasteiger partial charge in [0.1, 0.15) is 0 Å². The number of carboxylic acid groups (broad SMARTS) is 1. The average Bonchev–Trinajstić information content (AvgIpc) is 3.19. The number of carboxylic acids is 1. The predicted molar refractivity (Wildman–Crippen MR) is 72.1 cm³/mol. The quantitative estimate of drug-likeness (QED) is 0.694. The van der Waals surface area contributed by atoms with Crippen molar-refractivity contribution in [3.8, 4) is 0 Å². The molecule has 0 aliphatic heterocycles. The molecule has 3 N–H and O–H groups in total. The number of anilines is 1. The second kappa shape index (κ2) is 6.33. The molecule has 5 nitrogen and oxygen atoms in total. The van der Waals surface area contributed by atoms with E-state index in [1.807, 2.05) is 12.1 Å². The highest BCUT2D eigenvalue weighted by atomic mass is 16.4. The van der Waals surface area contributed by atoms with Crippen molar-refractivity contribution in [2.45, 2.75) is 31.7 Å². The molecule has 0 bridgehead atoms. The van der Waals surface area contributed by atoms with Crippen LogP contribution in [0, 0.1) is 0 Å². The molecule has 0 radical (unpaired) electrons. The molecule has 1 aromatic rings. The third-order valence-corrected chi connectivity index (χ3v) is 2.99. The van der Waals surface area contributed by atoms with E-state index in [0.29, 0.717) is 19.0 Å². The van der Waals surface area contributed by atoms with Gasteiger partial charge in [0.05, 0.1) is 6.54 Å². The molecule has 0 spiro atoms. The number of nitrogens with one attached hydrogen (secondary N) is 2. The van der Waals surface area contributed by atoms with E-state index in [0.717, 1.165) is 24.1 Å². The SMILES string of the molecule is O=C(O)CCc1ccc(NC(=O)CNC2CC2)cc1. The zero-order valence-electron chi connectivity index (χ0n) is 10.7. The summed E-state index contributed by atoms with van der Waals surface area (Å²) < 4.78 is 0. The molecule has 102 valence electrons. The van der Waals surface area contributed by atoms with Crippen molar-refractivity contribution >= 4 is 17.6 Å². The van der Waals surface area contributed by atoms with Crippen LogP contribution in [0.25, 0.3) is 0 Å². The number of hydrogen-bond donors (Lipinski definition) is 3. The van der Waals surface area contributed by atoms with Crippen LogP contribution < -0.4 is 10.6 Å². The molecule has 2 rings (SSSR count). The van der Waals surface area contributed by atoms with Gasteiger partial charge in [-0.3, -0.25) is 9.59 Å². The van der Waals surface area contributed by atoms with Crippen LogP contribution in [0.4, 0.5) is 5.69 Å². The van der Waals surface area contributed by atoms with Gasteiger partial charge in [-0.2, -0.15) is 0 Å². The van der Waals surface area contributed by atoms with Crippen LogP contribution in [0.15, 0.2) is 24.3 Å². The predicted octanol–water partition coefficient (Wildman–Crippen LogP) is 1.39. The minimum Gasteiger partial charge on any atom is -0.481 e. The van der Waals surface area contributed by atoms with Crippen LogP contribution in [-0.2, 0) is 16.0 Å². The Labute approximate surface area is 112 Å². The Hall–Kier alpha value is -1.88. The fourth-order valence-electron chi connectivity index (χ4n) is 1.74. The largest absolute Gasteiger partial charge is 0.481 e. The molecule has 0 atom stereocenters. The highest BCUT2D eigenvalue weighted by molar-refractivity contribution is 5.92. The fourth-order valence-corrected chi connectivity index (χ4v) is 1.74. The van der Waals surface area contributed by atoms with Crippen molar-refractivity contribution < 1.29 is 14.7 Å². The van der Waals surface area contributed by atoms with Crippen molar-refractivity contribution in [3.05, 3.63) is 29.8 Å². The van der Waals surface area contributed by atoms with Crippen LogP contribution in [0.2, 0.25) is 0 Å². The normalized spacial score (nSPS) is 14.1. The summed E-state index contributed by atoms with van der Waals surface area (Å²) in [6.07, 6.45) is 2.95. The zero-order valence-corrected chi connectivity index (χ0v) is 10.7. The molecule has 0 aromatic heterocycles. The zero-order chi connectivity index (χ0) is 13.7. The van der Waals surface area contributed by atoms with Crippen LogP contribution in [-0.4, -0.2) is 29.6 Å². The molecule has 1 aliphatic carbocycles. The molecule has 5 heteroatoms. The van der Waals surface area contributed by atoms with E-state index in [-0.39, 0.29) is 12.3 Å². The van der Waals surface area contributed by atoms with Gasteiger partial charge >= 0.3 is 5.97 Å². The summed E-state index contributed by atoms with van der Waals surface area (Å²) >= 11 is 0. The Kier molecular flexibility index (Phi) is 4.52. The van der Waals surface area contributed by atoms with Gasteiger partial charge in [-0.25, -0.2) is 0 Å². The minimum absolute atomic E-state index is 0.0508. The molecule has 0 heterocycles. The number of carbonyl (C=O) groups is 2. The van der Waals surface area contributed by atoms with Crippen LogP contribution >= 0.6 is 0 Å². The first-order valence-corrected chi connectivity index (χ1v) is 6.47. The number of hydrogen-bond acceptors (Lipinski definition) is 3. The standard InChI is InChI=1S/C14H18N2O3/c17-13(9-15-11-6-7-11)16-12-4-1-10(2-5-12)3-8-14(18)19/h1-2,4-5,11,15H,3,6-9H2,(H,16,17)(H,18,19). The summed E-state index contributed by atoms with van der Waals surface area (Å²) in [7, 11) is 0. The first-order chi connectivity index (χ1) is 9.13. The van der Waals surface area contributed by atoms with Crippen molar-refractivity contribution in [1.82, 2.24) is 5.32 Å². The Morgan fingerprint density at radius 3 is 2.47 bits per heavy atom. The smallest absolute Gasteiger partial charge is 0.303 e. The van der Waals surface area contributed by atoms with Gasteiger partial charge < -0.3 is 15.7 Å². The average molecular weight is 262 g/mol. The highest BCUT2D eigenvalue weighted by Crippen LogP contribution is 2.18. The lowest BCUT2D eigenvalue weighted by Crippen LogP contribution is -2.29. The Morgan fingerprint density at radius 2 is 1.89 bits per heavy atom. The van der Waals surface area contributed by atoms with Gasteiger partial charge in [0.25, 0.3) is 0 Å². The molecular formula is C14H18N2O3. The Bertz CT molecular complexity index is 452. The van der Waals surface area contributed by atoms with Crippen LogP contribution in [0.1, 0.15) is 24.8 Å². The van der Waals surface area contributed by atoms with E-state index in [1.165, 1.54) is 0 Å². The summed E-state index contributed by atoms with van der Waals surface area (Å²) in [4.78, 5) is 22.0. The van der Waals surface area contributed by atoms with Gasteiger partial charge in [0.2, 0.25) is 5.91 Å². The van der Waals surface area contributed by atoms with Crippen LogP contribution in [0.3, 0.4) is 0 Å². The molecule has 1 aromatic carbocycles. The minimum atomic E-state index is -0.802. The van der Waals surface area contributed by atoms with Gasteiger partial charge in [0.15, 0.2) is 0 Å². The third-order valence-electron chi connectivity index (χ3n) is 2.99. The van der Waals surface area contributed by atoms with E-state index in [1.54, 1.807) is 12.1 Å². The van der Waals surface area contributed by atoms with E-state index >= 15 is 0 Å². The topological polar surface area (TPSA) is 78.4 Å². The summed E-state index contributed by atoms with van der Waals surface area (Å²) in [5, 5.41) is 14.5. The van der Waals surface area contributed by atoms with Crippen LogP contribution in [0.5, 0.6) is 0 Å². The van der Waals surface area contributed by atoms with E-state index < -0.39 is 5.97 Å². The molecular weight excluding hydrogens is 244 g/mol. The maximum atomic E-state index is 11.6. The Morgan fingerprint density at radius 1 is 1.21 bits per heavy atom. The van der Waals surface area contributed by atoms with E-state index in [9.17, 15) is 9.59 Å². The van der Waals surface area contributed by atoms with Crippen molar-refractivity contribution in [1.29, 1.82) is 0 Å². The lowest BCUT2D eigenvalue weighted by molar-refractivity contribution is -0.137. The number of aryl methyl sites for hydroxylation is 1. The second-order valence-corrected chi connectivity index (χ2v) is 4.79. The monoisotopic (exact) mass is 262 g/mol. The molecule has 0 unspecified atom stereocenters. The molecule has 0 saturated heterocycles. The maximum absolute atomic E-state index is 11.6. The van der Waals surface area contributed by atoms with Crippen molar-refractivity contribution in [3.63, 3.8) is 0 Å². The van der Waals surface area contributed by atoms with Gasteiger partial charge in [0, 0.05) is 18.2 Å². The van der Waals surface area contributed by atoms with Gasteiger partial charge in [-0.05, 0) is 37.0 Å². The summed E-state index contributed by atoms with van der Waals surface area (Å²) in [5.41, 5.74) is 1.69. The Balaban J connectivity index is 1.76. The van der Waals surface area contributed by atoms with Gasteiger partial charge in [-0.15, -0.1) is 0 Å². The highest BCUT2D eigenvalue weighted by Gasteiger charge is 2.21. The lowest BCUT2D eigenvalue weighted by atomic mass is 10.1. The summed E-state index contributed by atoms with van der Waals surface area (Å²) in [5.74, 6) is -0.853. The lowest BCUT2D eigenvalue weighted by Gasteiger charge is -2.07. The number of rotatable bonds is 7. The van der Waals surface area contributed by atoms with Crippen molar-refractivity contribution in [2.75, 3.05) is 11.9 Å². The summed E-state index contributed by atoms with van der Waals surface area (Å²) in [6, 6.07) is 7.79. The fraction of sp³-hybridized carbons (Fsp3) is 0.429. The van der Waals surface area contributed by atoms with Crippen molar-refractivity contribution in [2.24, 2.45) is 0 Å². The van der Waals surface area contributed by atoms with E-state index in [4.69, 9.17) is 5.11 Å². The number of aliphatic carboxylic acids is 1. The number of amides is 1. The second-order valence-electron chi connectivity index (χ2n) is 4.79.